The molecule has 1 aliphatic heterocycles. The van der Waals surface area contributed by atoms with Gasteiger partial charge in [0.25, 0.3) is 0 Å². The Bertz CT molecular complexity index is 748. The van der Waals surface area contributed by atoms with E-state index in [1.54, 1.807) is 0 Å². The van der Waals surface area contributed by atoms with Crippen molar-refractivity contribution in [1.29, 1.82) is 0 Å². The van der Waals surface area contributed by atoms with Gasteiger partial charge >= 0.3 is 0 Å². The summed E-state index contributed by atoms with van der Waals surface area (Å²) in [6.07, 6.45) is 4.07. The molecular weight excluding hydrogens is 328 g/mol. The summed E-state index contributed by atoms with van der Waals surface area (Å²) in [5.41, 5.74) is 3.48. The van der Waals surface area contributed by atoms with Gasteiger partial charge in [0.1, 0.15) is 0 Å². The minimum atomic E-state index is -0.130. The molecule has 2 amide bonds. The first kappa shape index (κ1) is 18.2. The van der Waals surface area contributed by atoms with Crippen LogP contribution in [0.2, 0.25) is 0 Å². The van der Waals surface area contributed by atoms with E-state index in [0.29, 0.717) is 12.3 Å². The summed E-state index contributed by atoms with van der Waals surface area (Å²) in [6, 6.07) is 10.1. The molecule has 138 valence electrons. The number of piperidine rings is 1. The van der Waals surface area contributed by atoms with Gasteiger partial charge in [-0.25, -0.2) is 0 Å². The second kappa shape index (κ2) is 8.17. The molecule has 1 aromatic heterocycles. The maximum atomic E-state index is 12.4. The smallest absolute Gasteiger partial charge is 0.224 e. The van der Waals surface area contributed by atoms with Crippen molar-refractivity contribution in [2.75, 3.05) is 13.1 Å². The van der Waals surface area contributed by atoms with Gasteiger partial charge in [-0.2, -0.15) is 5.10 Å². The lowest BCUT2D eigenvalue weighted by atomic mass is 9.89. The number of hydrogen-bond acceptors (Lipinski definition) is 3. The SMILES string of the molecule is CC(=O)N[C@H](C)CC(=O)N1CCC(c2[nH]ncc2-c2ccccc2)CC1. The molecule has 0 radical (unpaired) electrons. The van der Waals surface area contributed by atoms with Crippen molar-refractivity contribution in [3.05, 3.63) is 42.2 Å². The van der Waals surface area contributed by atoms with Crippen LogP contribution in [-0.2, 0) is 9.59 Å². The third kappa shape index (κ3) is 4.31. The largest absolute Gasteiger partial charge is 0.353 e. The summed E-state index contributed by atoms with van der Waals surface area (Å²) >= 11 is 0. The van der Waals surface area contributed by atoms with Gasteiger partial charge in [0.2, 0.25) is 11.8 Å². The lowest BCUT2D eigenvalue weighted by Crippen LogP contribution is -2.42. The van der Waals surface area contributed by atoms with Gasteiger partial charge in [-0.05, 0) is 25.3 Å². The Morgan fingerprint density at radius 3 is 2.62 bits per heavy atom. The van der Waals surface area contributed by atoms with Gasteiger partial charge in [0.05, 0.1) is 6.20 Å². The van der Waals surface area contributed by atoms with E-state index in [4.69, 9.17) is 0 Å². The number of aromatic nitrogens is 2. The van der Waals surface area contributed by atoms with Gasteiger partial charge in [0, 0.05) is 49.7 Å². The first-order valence-corrected chi connectivity index (χ1v) is 9.18. The Kier molecular flexibility index (Phi) is 5.71. The molecule has 2 N–H and O–H groups in total. The molecule has 1 saturated heterocycles. The van der Waals surface area contributed by atoms with Gasteiger partial charge in [-0.3, -0.25) is 14.7 Å². The monoisotopic (exact) mass is 354 g/mol. The minimum absolute atomic E-state index is 0.100. The molecule has 0 unspecified atom stereocenters. The summed E-state index contributed by atoms with van der Waals surface area (Å²) in [5, 5.41) is 10.2. The average Bonchev–Trinajstić information content (AvgIpc) is 3.11. The van der Waals surface area contributed by atoms with Gasteiger partial charge in [-0.1, -0.05) is 30.3 Å². The number of carbonyl (C=O) groups is 2. The van der Waals surface area contributed by atoms with Crippen molar-refractivity contribution >= 4 is 11.8 Å². The zero-order valence-corrected chi connectivity index (χ0v) is 15.4. The molecule has 1 aliphatic rings. The molecule has 0 spiro atoms. The predicted molar refractivity (Wildman–Crippen MR) is 100 cm³/mol. The number of carbonyl (C=O) groups excluding carboxylic acids is 2. The van der Waals surface area contributed by atoms with Crippen LogP contribution in [0.3, 0.4) is 0 Å². The van der Waals surface area contributed by atoms with Crippen molar-refractivity contribution in [2.45, 2.75) is 45.1 Å². The molecule has 6 nitrogen and oxygen atoms in total. The number of rotatable bonds is 5. The Balaban J connectivity index is 1.59. The van der Waals surface area contributed by atoms with Crippen LogP contribution in [0, 0.1) is 0 Å². The first-order chi connectivity index (χ1) is 12.5. The Hall–Kier alpha value is -2.63. The maximum Gasteiger partial charge on any atom is 0.224 e. The number of likely N-dealkylation sites (tertiary alicyclic amines) is 1. The Morgan fingerprint density at radius 2 is 1.96 bits per heavy atom. The number of hydrogen-bond donors (Lipinski definition) is 2. The number of amides is 2. The predicted octanol–water partition coefficient (Wildman–Crippen LogP) is 2.70. The highest BCUT2D eigenvalue weighted by Crippen LogP contribution is 2.33. The van der Waals surface area contributed by atoms with E-state index in [1.165, 1.54) is 12.5 Å². The second-order valence-electron chi connectivity index (χ2n) is 7.02. The molecule has 0 aliphatic carbocycles. The summed E-state index contributed by atoms with van der Waals surface area (Å²) in [7, 11) is 0. The van der Waals surface area contributed by atoms with Gasteiger partial charge < -0.3 is 10.2 Å². The molecule has 1 aromatic carbocycles. The Labute approximate surface area is 154 Å². The normalized spacial score (nSPS) is 16.3. The lowest BCUT2D eigenvalue weighted by molar-refractivity contribution is -0.132. The van der Waals surface area contributed by atoms with Crippen molar-refractivity contribution in [1.82, 2.24) is 20.4 Å². The fraction of sp³-hybridized carbons (Fsp3) is 0.450. The first-order valence-electron chi connectivity index (χ1n) is 9.18. The zero-order chi connectivity index (χ0) is 18.5. The second-order valence-corrected chi connectivity index (χ2v) is 7.02. The molecule has 1 atom stereocenters. The molecule has 2 heterocycles. The fourth-order valence-electron chi connectivity index (χ4n) is 3.66. The number of aromatic amines is 1. The van der Waals surface area contributed by atoms with Crippen LogP contribution < -0.4 is 5.32 Å². The summed E-state index contributed by atoms with van der Waals surface area (Å²) in [4.78, 5) is 25.4. The van der Waals surface area contributed by atoms with Crippen LogP contribution in [0.1, 0.15) is 44.7 Å². The third-order valence-corrected chi connectivity index (χ3v) is 4.94. The van der Waals surface area contributed by atoms with E-state index in [-0.39, 0.29) is 17.9 Å². The molecular formula is C20H26N4O2. The highest BCUT2D eigenvalue weighted by Gasteiger charge is 2.27. The van der Waals surface area contributed by atoms with E-state index in [9.17, 15) is 9.59 Å². The van der Waals surface area contributed by atoms with Crippen LogP contribution >= 0.6 is 0 Å². The van der Waals surface area contributed by atoms with Crippen molar-refractivity contribution < 1.29 is 9.59 Å². The summed E-state index contributed by atoms with van der Waals surface area (Å²) in [5.74, 6) is 0.388. The van der Waals surface area contributed by atoms with Crippen LogP contribution in [0.15, 0.2) is 36.5 Å². The third-order valence-electron chi connectivity index (χ3n) is 4.94. The maximum absolute atomic E-state index is 12.4. The standard InChI is InChI=1S/C20H26N4O2/c1-14(22-15(2)25)12-19(26)24-10-8-17(9-11-24)20-18(13-21-23-20)16-6-4-3-5-7-16/h3-7,13-14,17H,8-12H2,1-2H3,(H,21,23)(H,22,25)/t14-/m1/s1. The lowest BCUT2D eigenvalue weighted by Gasteiger charge is -2.32. The zero-order valence-electron chi connectivity index (χ0n) is 15.4. The van der Waals surface area contributed by atoms with Crippen LogP contribution in [0.5, 0.6) is 0 Å². The highest BCUT2D eigenvalue weighted by atomic mass is 16.2. The quantitative estimate of drug-likeness (QED) is 0.866. The molecule has 1 fully saturated rings. The molecule has 6 heteroatoms. The summed E-state index contributed by atoms with van der Waals surface area (Å²) < 4.78 is 0. The fourth-order valence-corrected chi connectivity index (χ4v) is 3.66. The van der Waals surface area contributed by atoms with E-state index in [2.05, 4.69) is 27.6 Å². The van der Waals surface area contributed by atoms with Crippen LogP contribution in [0.25, 0.3) is 11.1 Å². The van der Waals surface area contributed by atoms with E-state index < -0.39 is 0 Å². The van der Waals surface area contributed by atoms with E-state index >= 15 is 0 Å². The number of nitrogens with zero attached hydrogens (tertiary/aromatic N) is 2. The highest BCUT2D eigenvalue weighted by molar-refractivity contribution is 5.79. The van der Waals surface area contributed by atoms with E-state index in [0.717, 1.165) is 37.2 Å². The molecule has 0 saturated carbocycles. The molecule has 3 rings (SSSR count). The average molecular weight is 354 g/mol. The van der Waals surface area contributed by atoms with Crippen molar-refractivity contribution in [3.8, 4) is 11.1 Å². The van der Waals surface area contributed by atoms with Gasteiger partial charge in [-0.15, -0.1) is 0 Å². The number of nitrogens with one attached hydrogen (secondary N) is 2. The van der Waals surface area contributed by atoms with E-state index in [1.807, 2.05) is 36.2 Å². The number of H-pyrrole nitrogens is 1. The van der Waals surface area contributed by atoms with Crippen LogP contribution in [0.4, 0.5) is 0 Å². The Morgan fingerprint density at radius 1 is 1.27 bits per heavy atom. The van der Waals surface area contributed by atoms with Crippen molar-refractivity contribution in [3.63, 3.8) is 0 Å². The minimum Gasteiger partial charge on any atom is -0.353 e. The van der Waals surface area contributed by atoms with Crippen LogP contribution in [-0.4, -0.2) is 46.0 Å². The van der Waals surface area contributed by atoms with Gasteiger partial charge in [0.15, 0.2) is 0 Å². The molecule has 2 aromatic rings. The topological polar surface area (TPSA) is 78.1 Å². The van der Waals surface area contributed by atoms with Crippen molar-refractivity contribution in [2.24, 2.45) is 0 Å². The molecule has 26 heavy (non-hydrogen) atoms. The molecule has 0 bridgehead atoms. The summed E-state index contributed by atoms with van der Waals surface area (Å²) in [6.45, 7) is 4.82. The number of benzene rings is 1.